The Morgan fingerprint density at radius 2 is 2.22 bits per heavy atom. The first-order valence-electron chi connectivity index (χ1n) is 5.40. The summed E-state index contributed by atoms with van der Waals surface area (Å²) in [4.78, 5) is 26.5. The zero-order chi connectivity index (χ0) is 13.0. The lowest BCUT2D eigenvalue weighted by molar-refractivity contribution is 0.0944. The maximum atomic E-state index is 11.7. The molecule has 0 radical (unpaired) electrons. The molecule has 0 saturated carbocycles. The van der Waals surface area contributed by atoms with E-state index in [9.17, 15) is 9.59 Å². The van der Waals surface area contributed by atoms with Crippen LogP contribution < -0.4 is 10.9 Å². The van der Waals surface area contributed by atoms with Crippen LogP contribution in [0.15, 0.2) is 35.4 Å². The monoisotopic (exact) mass is 244 g/mol. The second-order valence-corrected chi connectivity index (χ2v) is 3.79. The van der Waals surface area contributed by atoms with E-state index < -0.39 is 0 Å². The molecule has 0 fully saturated rings. The van der Waals surface area contributed by atoms with Crippen LogP contribution in [-0.4, -0.2) is 21.1 Å². The minimum Gasteiger partial charge on any atom is -0.346 e. The van der Waals surface area contributed by atoms with Crippen molar-refractivity contribution >= 4 is 5.91 Å². The third-order valence-electron chi connectivity index (χ3n) is 2.50. The summed E-state index contributed by atoms with van der Waals surface area (Å²) >= 11 is 0. The van der Waals surface area contributed by atoms with Gasteiger partial charge >= 0.3 is 0 Å². The Balaban J connectivity index is 2.03. The Bertz CT molecular complexity index is 601. The van der Waals surface area contributed by atoms with Crippen LogP contribution in [0, 0.1) is 6.92 Å². The Morgan fingerprint density at radius 1 is 1.39 bits per heavy atom. The maximum Gasteiger partial charge on any atom is 0.271 e. The average molecular weight is 244 g/mol. The number of carbonyl (C=O) groups is 1. The van der Waals surface area contributed by atoms with Crippen molar-refractivity contribution in [1.29, 1.82) is 0 Å². The van der Waals surface area contributed by atoms with Crippen molar-refractivity contribution < 1.29 is 4.79 Å². The van der Waals surface area contributed by atoms with Crippen molar-refractivity contribution in [3.8, 4) is 0 Å². The molecule has 0 aliphatic rings. The molecule has 0 spiro atoms. The van der Waals surface area contributed by atoms with E-state index in [0.717, 1.165) is 11.1 Å². The van der Waals surface area contributed by atoms with Crippen LogP contribution in [0.2, 0.25) is 0 Å². The number of aromatic nitrogens is 3. The minimum atomic E-state index is -0.338. The molecule has 2 aromatic heterocycles. The van der Waals surface area contributed by atoms with Gasteiger partial charge in [-0.1, -0.05) is 0 Å². The number of H-pyrrole nitrogens is 1. The highest BCUT2D eigenvalue weighted by Crippen LogP contribution is 2.04. The van der Waals surface area contributed by atoms with Crippen LogP contribution >= 0.6 is 0 Å². The summed E-state index contributed by atoms with van der Waals surface area (Å²) in [6, 6.07) is 4.52. The van der Waals surface area contributed by atoms with Crippen molar-refractivity contribution in [1.82, 2.24) is 20.5 Å². The highest BCUT2D eigenvalue weighted by molar-refractivity contribution is 5.91. The highest BCUT2D eigenvalue weighted by atomic mass is 16.2. The average Bonchev–Trinajstić information content (AvgIpc) is 2.38. The SMILES string of the molecule is Cc1ccncc1CNC(=O)c1ccc(=O)[nH]n1. The molecule has 2 N–H and O–H groups in total. The number of nitrogens with zero attached hydrogens (tertiary/aromatic N) is 2. The van der Waals surface area contributed by atoms with E-state index in [1.54, 1.807) is 12.4 Å². The van der Waals surface area contributed by atoms with Crippen LogP contribution in [-0.2, 0) is 6.54 Å². The number of aryl methyl sites for hydroxylation is 1. The van der Waals surface area contributed by atoms with E-state index in [0.29, 0.717) is 6.54 Å². The quantitative estimate of drug-likeness (QED) is 0.818. The summed E-state index contributed by atoms with van der Waals surface area (Å²) in [6.07, 6.45) is 3.40. The maximum absolute atomic E-state index is 11.7. The summed E-state index contributed by atoms with van der Waals surface area (Å²) in [5.41, 5.74) is 1.83. The third-order valence-corrected chi connectivity index (χ3v) is 2.50. The van der Waals surface area contributed by atoms with Gasteiger partial charge in [-0.15, -0.1) is 0 Å². The Morgan fingerprint density at radius 3 is 2.89 bits per heavy atom. The first kappa shape index (κ1) is 12.0. The second-order valence-electron chi connectivity index (χ2n) is 3.79. The van der Waals surface area contributed by atoms with Gasteiger partial charge in [-0.05, 0) is 30.2 Å². The molecule has 2 aromatic rings. The Labute approximate surface area is 103 Å². The van der Waals surface area contributed by atoms with Gasteiger partial charge in [0.15, 0.2) is 0 Å². The van der Waals surface area contributed by atoms with E-state index in [-0.39, 0.29) is 17.2 Å². The molecular formula is C12H12N4O2. The second kappa shape index (κ2) is 5.22. The summed E-state index contributed by atoms with van der Waals surface area (Å²) < 4.78 is 0. The van der Waals surface area contributed by atoms with Gasteiger partial charge in [-0.2, -0.15) is 5.10 Å². The molecule has 0 unspecified atom stereocenters. The van der Waals surface area contributed by atoms with Gasteiger partial charge in [0.05, 0.1) is 0 Å². The standard InChI is InChI=1S/C12H12N4O2/c1-8-4-5-13-6-9(8)7-14-12(18)10-2-3-11(17)16-15-10/h2-6H,7H2,1H3,(H,14,18)(H,16,17). The zero-order valence-electron chi connectivity index (χ0n) is 9.80. The summed E-state index contributed by atoms with van der Waals surface area (Å²) in [7, 11) is 0. The number of hydrogen-bond donors (Lipinski definition) is 2. The normalized spacial score (nSPS) is 10.1. The molecule has 6 nitrogen and oxygen atoms in total. The van der Waals surface area contributed by atoms with Crippen molar-refractivity contribution in [2.24, 2.45) is 0 Å². The molecular weight excluding hydrogens is 232 g/mol. The molecule has 0 atom stereocenters. The number of hydrogen-bond acceptors (Lipinski definition) is 4. The fourth-order valence-corrected chi connectivity index (χ4v) is 1.42. The van der Waals surface area contributed by atoms with Crippen LogP contribution in [0.1, 0.15) is 21.6 Å². The van der Waals surface area contributed by atoms with Crippen molar-refractivity contribution in [3.05, 3.63) is 57.8 Å². The van der Waals surface area contributed by atoms with Crippen LogP contribution in [0.4, 0.5) is 0 Å². The number of nitrogens with one attached hydrogen (secondary N) is 2. The van der Waals surface area contributed by atoms with Crippen LogP contribution in [0.25, 0.3) is 0 Å². The largest absolute Gasteiger partial charge is 0.346 e. The van der Waals surface area contributed by atoms with Gasteiger partial charge in [0.25, 0.3) is 11.5 Å². The molecule has 0 saturated heterocycles. The predicted molar refractivity (Wildman–Crippen MR) is 65.0 cm³/mol. The first-order valence-corrected chi connectivity index (χ1v) is 5.40. The van der Waals surface area contributed by atoms with E-state index >= 15 is 0 Å². The first-order chi connectivity index (χ1) is 8.66. The Kier molecular flexibility index (Phi) is 3.47. The van der Waals surface area contributed by atoms with Gasteiger partial charge in [0.2, 0.25) is 0 Å². The molecule has 0 aliphatic carbocycles. The van der Waals surface area contributed by atoms with Gasteiger partial charge in [0, 0.05) is 25.0 Å². The molecule has 92 valence electrons. The third kappa shape index (κ3) is 2.79. The van der Waals surface area contributed by atoms with E-state index in [1.807, 2.05) is 13.0 Å². The summed E-state index contributed by atoms with van der Waals surface area (Å²) in [6.45, 7) is 2.32. The lowest BCUT2D eigenvalue weighted by Crippen LogP contribution is -2.25. The van der Waals surface area contributed by atoms with Crippen LogP contribution in [0.5, 0.6) is 0 Å². The van der Waals surface area contributed by atoms with Gasteiger partial charge in [-0.25, -0.2) is 5.10 Å². The number of aromatic amines is 1. The lowest BCUT2D eigenvalue weighted by atomic mass is 10.1. The fourth-order valence-electron chi connectivity index (χ4n) is 1.42. The number of amides is 1. The number of pyridine rings is 1. The molecule has 1 amide bonds. The number of rotatable bonds is 3. The van der Waals surface area contributed by atoms with E-state index in [2.05, 4.69) is 20.5 Å². The van der Waals surface area contributed by atoms with E-state index in [4.69, 9.17) is 0 Å². The molecule has 0 aromatic carbocycles. The van der Waals surface area contributed by atoms with Crippen molar-refractivity contribution in [2.75, 3.05) is 0 Å². The fraction of sp³-hybridized carbons (Fsp3) is 0.167. The molecule has 18 heavy (non-hydrogen) atoms. The highest BCUT2D eigenvalue weighted by Gasteiger charge is 2.07. The van der Waals surface area contributed by atoms with Gasteiger partial charge in [-0.3, -0.25) is 14.6 Å². The Hall–Kier alpha value is -2.50. The van der Waals surface area contributed by atoms with Gasteiger partial charge in [0.1, 0.15) is 5.69 Å². The van der Waals surface area contributed by atoms with Crippen LogP contribution in [0.3, 0.4) is 0 Å². The van der Waals surface area contributed by atoms with E-state index in [1.165, 1.54) is 12.1 Å². The number of carbonyl (C=O) groups excluding carboxylic acids is 1. The molecule has 0 aliphatic heterocycles. The molecule has 6 heteroatoms. The summed E-state index contributed by atoms with van der Waals surface area (Å²) in [5.74, 6) is -0.338. The predicted octanol–water partition coefficient (Wildman–Crippen LogP) is 0.403. The van der Waals surface area contributed by atoms with Crippen molar-refractivity contribution in [2.45, 2.75) is 13.5 Å². The smallest absolute Gasteiger partial charge is 0.271 e. The topological polar surface area (TPSA) is 87.7 Å². The van der Waals surface area contributed by atoms with Gasteiger partial charge < -0.3 is 5.32 Å². The zero-order valence-corrected chi connectivity index (χ0v) is 9.80. The minimum absolute atomic E-state index is 0.177. The summed E-state index contributed by atoms with van der Waals surface area (Å²) in [5, 5.41) is 8.57. The van der Waals surface area contributed by atoms with Crippen molar-refractivity contribution in [3.63, 3.8) is 0 Å². The molecule has 2 rings (SSSR count). The molecule has 2 heterocycles. The lowest BCUT2D eigenvalue weighted by Gasteiger charge is -2.06. The molecule has 0 bridgehead atoms.